The highest BCUT2D eigenvalue weighted by Crippen LogP contribution is 2.19. The summed E-state index contributed by atoms with van der Waals surface area (Å²) in [6, 6.07) is 14.7. The standard InChI is InChI=1S/C17H18BrNO2S/c1-3-22(21)16-10-5-4-9-15(16)17(20)19-12(2)13-7-6-8-14(18)11-13/h4-12H,3H2,1-2H3,(H,19,20)/t12-,22-/m1/s1. The van der Waals surface area contributed by atoms with Crippen molar-refractivity contribution in [3.05, 3.63) is 64.1 Å². The number of carbonyl (C=O) groups excluding carboxylic acids is 1. The predicted octanol–water partition coefficient (Wildman–Crippen LogP) is 4.07. The van der Waals surface area contributed by atoms with Gasteiger partial charge in [0.15, 0.2) is 0 Å². The molecule has 0 aliphatic carbocycles. The first-order valence-electron chi connectivity index (χ1n) is 7.06. The lowest BCUT2D eigenvalue weighted by atomic mass is 10.1. The zero-order valence-corrected chi connectivity index (χ0v) is 14.9. The third kappa shape index (κ3) is 4.05. The molecule has 0 saturated heterocycles. The smallest absolute Gasteiger partial charge is 0.252 e. The first kappa shape index (κ1) is 16.9. The van der Waals surface area contributed by atoms with Gasteiger partial charge in [-0.15, -0.1) is 0 Å². The second-order valence-electron chi connectivity index (χ2n) is 4.88. The molecule has 5 heteroatoms. The van der Waals surface area contributed by atoms with Crippen molar-refractivity contribution < 1.29 is 9.00 Å². The Bertz CT molecular complexity index is 703. The summed E-state index contributed by atoms with van der Waals surface area (Å²) in [6.07, 6.45) is 0. The molecule has 22 heavy (non-hydrogen) atoms. The van der Waals surface area contributed by atoms with E-state index in [4.69, 9.17) is 0 Å². The van der Waals surface area contributed by atoms with Gasteiger partial charge in [-0.2, -0.15) is 0 Å². The maximum absolute atomic E-state index is 12.5. The Balaban J connectivity index is 2.21. The van der Waals surface area contributed by atoms with E-state index in [9.17, 15) is 9.00 Å². The van der Waals surface area contributed by atoms with Crippen LogP contribution in [-0.2, 0) is 10.8 Å². The number of benzene rings is 2. The van der Waals surface area contributed by atoms with E-state index in [-0.39, 0.29) is 11.9 Å². The average Bonchev–Trinajstić information content (AvgIpc) is 2.54. The Labute approximate surface area is 141 Å². The van der Waals surface area contributed by atoms with Gasteiger partial charge in [0.1, 0.15) is 0 Å². The van der Waals surface area contributed by atoms with Gasteiger partial charge in [-0.05, 0) is 36.8 Å². The topological polar surface area (TPSA) is 46.2 Å². The van der Waals surface area contributed by atoms with Crippen LogP contribution in [0.2, 0.25) is 0 Å². The Hall–Kier alpha value is -1.46. The van der Waals surface area contributed by atoms with E-state index in [1.54, 1.807) is 24.3 Å². The van der Waals surface area contributed by atoms with Crippen molar-refractivity contribution in [2.45, 2.75) is 24.8 Å². The molecule has 3 nitrogen and oxygen atoms in total. The minimum Gasteiger partial charge on any atom is -0.345 e. The summed E-state index contributed by atoms with van der Waals surface area (Å²) < 4.78 is 13.0. The number of hydrogen-bond acceptors (Lipinski definition) is 2. The summed E-state index contributed by atoms with van der Waals surface area (Å²) in [6.45, 7) is 3.77. The van der Waals surface area contributed by atoms with Crippen LogP contribution >= 0.6 is 15.9 Å². The van der Waals surface area contributed by atoms with E-state index in [1.165, 1.54) is 0 Å². The average molecular weight is 380 g/mol. The van der Waals surface area contributed by atoms with Crippen molar-refractivity contribution in [1.82, 2.24) is 5.32 Å². The van der Waals surface area contributed by atoms with Crippen LogP contribution in [-0.4, -0.2) is 15.9 Å². The Morgan fingerprint density at radius 3 is 2.64 bits per heavy atom. The molecule has 0 spiro atoms. The van der Waals surface area contributed by atoms with Gasteiger partial charge in [-0.25, -0.2) is 0 Å². The van der Waals surface area contributed by atoms with E-state index in [1.807, 2.05) is 38.1 Å². The normalized spacial score (nSPS) is 13.4. The zero-order chi connectivity index (χ0) is 16.1. The highest BCUT2D eigenvalue weighted by atomic mass is 79.9. The molecule has 116 valence electrons. The van der Waals surface area contributed by atoms with Gasteiger partial charge in [-0.3, -0.25) is 9.00 Å². The van der Waals surface area contributed by atoms with Crippen molar-refractivity contribution in [3.8, 4) is 0 Å². The van der Waals surface area contributed by atoms with Crippen LogP contribution in [0.15, 0.2) is 57.9 Å². The van der Waals surface area contributed by atoms with E-state index in [2.05, 4.69) is 21.2 Å². The lowest BCUT2D eigenvalue weighted by Crippen LogP contribution is -2.27. The predicted molar refractivity (Wildman–Crippen MR) is 93.4 cm³/mol. The molecule has 0 aliphatic rings. The molecular weight excluding hydrogens is 362 g/mol. The van der Waals surface area contributed by atoms with E-state index in [0.717, 1.165) is 10.0 Å². The van der Waals surface area contributed by atoms with Crippen LogP contribution in [0.5, 0.6) is 0 Å². The third-order valence-electron chi connectivity index (χ3n) is 3.34. The van der Waals surface area contributed by atoms with Crippen LogP contribution in [0.25, 0.3) is 0 Å². The molecule has 0 aliphatic heterocycles. The molecule has 0 aromatic heterocycles. The fourth-order valence-corrected chi connectivity index (χ4v) is 3.51. The minimum atomic E-state index is -1.15. The second-order valence-corrected chi connectivity index (χ2v) is 7.50. The first-order valence-corrected chi connectivity index (χ1v) is 9.18. The van der Waals surface area contributed by atoms with Gasteiger partial charge in [-0.1, -0.05) is 47.1 Å². The summed E-state index contributed by atoms with van der Waals surface area (Å²) in [4.78, 5) is 13.1. The molecule has 2 rings (SSSR count). The largest absolute Gasteiger partial charge is 0.345 e. The molecule has 2 aromatic carbocycles. The third-order valence-corrected chi connectivity index (χ3v) is 5.20. The maximum atomic E-state index is 12.5. The van der Waals surface area contributed by atoms with Crippen LogP contribution in [0.4, 0.5) is 0 Å². The molecule has 1 amide bonds. The second kappa shape index (κ2) is 7.70. The number of amides is 1. The molecule has 0 saturated carbocycles. The van der Waals surface area contributed by atoms with Gasteiger partial charge < -0.3 is 5.32 Å². The fourth-order valence-electron chi connectivity index (χ4n) is 2.14. The monoisotopic (exact) mass is 379 g/mol. The number of hydrogen-bond donors (Lipinski definition) is 1. The lowest BCUT2D eigenvalue weighted by molar-refractivity contribution is 0.0936. The molecule has 2 atom stereocenters. The molecule has 0 fully saturated rings. The number of rotatable bonds is 5. The van der Waals surface area contributed by atoms with Crippen LogP contribution in [0.1, 0.15) is 35.8 Å². The van der Waals surface area contributed by atoms with Crippen molar-refractivity contribution >= 4 is 32.6 Å². The van der Waals surface area contributed by atoms with Gasteiger partial charge >= 0.3 is 0 Å². The molecule has 1 N–H and O–H groups in total. The number of halogens is 1. The van der Waals surface area contributed by atoms with Gasteiger partial charge in [0.25, 0.3) is 5.91 Å². The van der Waals surface area contributed by atoms with E-state index < -0.39 is 10.8 Å². The Morgan fingerprint density at radius 1 is 1.23 bits per heavy atom. The fraction of sp³-hybridized carbons (Fsp3) is 0.235. The molecule has 0 bridgehead atoms. The molecule has 2 aromatic rings. The quantitative estimate of drug-likeness (QED) is 0.850. The van der Waals surface area contributed by atoms with Crippen molar-refractivity contribution in [2.24, 2.45) is 0 Å². The van der Waals surface area contributed by atoms with Gasteiger partial charge in [0.2, 0.25) is 0 Å². The van der Waals surface area contributed by atoms with Crippen LogP contribution in [0, 0.1) is 0 Å². The Kier molecular flexibility index (Phi) is 5.91. The van der Waals surface area contributed by atoms with E-state index >= 15 is 0 Å². The Morgan fingerprint density at radius 2 is 1.95 bits per heavy atom. The van der Waals surface area contributed by atoms with Crippen molar-refractivity contribution in [1.29, 1.82) is 0 Å². The van der Waals surface area contributed by atoms with Crippen LogP contribution in [0.3, 0.4) is 0 Å². The summed E-state index contributed by atoms with van der Waals surface area (Å²) in [5, 5.41) is 2.96. The van der Waals surface area contributed by atoms with Crippen molar-refractivity contribution in [3.63, 3.8) is 0 Å². The van der Waals surface area contributed by atoms with Crippen LogP contribution < -0.4 is 5.32 Å². The van der Waals surface area contributed by atoms with E-state index in [0.29, 0.717) is 16.2 Å². The summed E-state index contributed by atoms with van der Waals surface area (Å²) in [5.74, 6) is 0.288. The number of carbonyl (C=O) groups is 1. The summed E-state index contributed by atoms with van der Waals surface area (Å²) in [7, 11) is -1.15. The SMILES string of the molecule is CC[S@@](=O)c1ccccc1C(=O)N[C@H](C)c1cccc(Br)c1. The molecule has 0 unspecified atom stereocenters. The summed E-state index contributed by atoms with van der Waals surface area (Å²) >= 11 is 3.43. The maximum Gasteiger partial charge on any atom is 0.252 e. The lowest BCUT2D eigenvalue weighted by Gasteiger charge is -2.16. The number of nitrogens with one attached hydrogen (secondary N) is 1. The van der Waals surface area contributed by atoms with Gasteiger partial charge in [0.05, 0.1) is 27.3 Å². The summed E-state index contributed by atoms with van der Waals surface area (Å²) in [5.41, 5.74) is 1.49. The molecule has 0 heterocycles. The first-order chi connectivity index (χ1) is 10.5. The van der Waals surface area contributed by atoms with Gasteiger partial charge in [0, 0.05) is 10.2 Å². The minimum absolute atomic E-state index is 0.131. The zero-order valence-electron chi connectivity index (χ0n) is 12.5. The highest BCUT2D eigenvalue weighted by Gasteiger charge is 2.17. The molecule has 0 radical (unpaired) electrons. The highest BCUT2D eigenvalue weighted by molar-refractivity contribution is 9.10. The molecular formula is C17H18BrNO2S. The van der Waals surface area contributed by atoms with Crippen molar-refractivity contribution in [2.75, 3.05) is 5.75 Å².